The summed E-state index contributed by atoms with van der Waals surface area (Å²) in [6, 6.07) is 4.23. The molecule has 0 unspecified atom stereocenters. The fraction of sp³-hybridized carbons (Fsp3) is 0.0769. The summed E-state index contributed by atoms with van der Waals surface area (Å²) < 4.78 is 0. The number of benzene rings is 1. The van der Waals surface area contributed by atoms with E-state index in [9.17, 15) is 19.2 Å². The van der Waals surface area contributed by atoms with E-state index in [1.807, 2.05) is 4.98 Å². The normalized spacial score (nSPS) is 10.1. The average molecular weight is 289 g/mol. The number of nitrogens with one attached hydrogen (secondary N) is 3. The molecule has 1 amide bonds. The van der Waals surface area contributed by atoms with Crippen LogP contribution in [0.4, 0.5) is 5.69 Å². The average Bonchev–Trinajstić information content (AvgIpc) is 2.40. The summed E-state index contributed by atoms with van der Waals surface area (Å²) in [6.07, 6.45) is 0.993. The van der Waals surface area contributed by atoms with Gasteiger partial charge in [0.1, 0.15) is 5.56 Å². The van der Waals surface area contributed by atoms with Gasteiger partial charge in [0.25, 0.3) is 11.5 Å². The predicted octanol–water partition coefficient (Wildman–Crippen LogP) is 0.322. The van der Waals surface area contributed by atoms with Crippen LogP contribution in [0.5, 0.6) is 0 Å². The van der Waals surface area contributed by atoms with Crippen LogP contribution >= 0.6 is 0 Å². The van der Waals surface area contributed by atoms with Crippen LogP contribution in [0.3, 0.4) is 0 Å². The van der Waals surface area contributed by atoms with Crippen LogP contribution in [0.1, 0.15) is 26.3 Å². The molecule has 0 aliphatic rings. The fourth-order valence-corrected chi connectivity index (χ4v) is 1.66. The van der Waals surface area contributed by atoms with Crippen molar-refractivity contribution in [1.82, 2.24) is 9.97 Å². The minimum atomic E-state index is -1.13. The number of aromatic carboxylic acids is 1. The van der Waals surface area contributed by atoms with Gasteiger partial charge in [0.15, 0.2) is 0 Å². The Morgan fingerprint density at radius 2 is 1.95 bits per heavy atom. The standard InChI is InChI=1S/C13H11N3O5/c1-6-2-3-7(12(19)20)4-9(6)15-10(17)8-5-14-13(21)16-11(8)18/h2-5H,1H3,(H,15,17)(H,19,20)(H2,14,16,18,21). The van der Waals surface area contributed by atoms with Gasteiger partial charge in [-0.2, -0.15) is 0 Å². The second-order valence-corrected chi connectivity index (χ2v) is 4.27. The third-order valence-electron chi connectivity index (χ3n) is 2.80. The van der Waals surface area contributed by atoms with Crippen LogP contribution in [-0.4, -0.2) is 27.0 Å². The third-order valence-corrected chi connectivity index (χ3v) is 2.80. The highest BCUT2D eigenvalue weighted by Crippen LogP contribution is 2.17. The maximum atomic E-state index is 12.0. The van der Waals surface area contributed by atoms with Gasteiger partial charge in [-0.1, -0.05) is 6.07 Å². The number of H-pyrrole nitrogens is 2. The number of aromatic nitrogens is 2. The number of carbonyl (C=O) groups excluding carboxylic acids is 1. The first-order valence-corrected chi connectivity index (χ1v) is 5.86. The van der Waals surface area contributed by atoms with Gasteiger partial charge in [-0.25, -0.2) is 9.59 Å². The molecule has 4 N–H and O–H groups in total. The molecule has 1 aromatic heterocycles. The number of anilines is 1. The zero-order valence-corrected chi connectivity index (χ0v) is 10.9. The fourth-order valence-electron chi connectivity index (χ4n) is 1.66. The number of carboxylic acids is 1. The molecule has 1 heterocycles. The van der Waals surface area contributed by atoms with Gasteiger partial charge in [0, 0.05) is 11.9 Å². The number of aryl methyl sites for hydroxylation is 1. The Balaban J connectivity index is 2.35. The molecule has 21 heavy (non-hydrogen) atoms. The van der Waals surface area contributed by atoms with E-state index >= 15 is 0 Å². The Morgan fingerprint density at radius 1 is 1.24 bits per heavy atom. The number of hydrogen-bond donors (Lipinski definition) is 4. The van der Waals surface area contributed by atoms with Crippen molar-refractivity contribution in [3.05, 3.63) is 61.9 Å². The van der Waals surface area contributed by atoms with Gasteiger partial charge in [-0.05, 0) is 24.6 Å². The smallest absolute Gasteiger partial charge is 0.335 e. The van der Waals surface area contributed by atoms with Gasteiger partial charge in [-0.3, -0.25) is 14.6 Å². The lowest BCUT2D eigenvalue weighted by Gasteiger charge is -2.08. The Labute approximate surface area is 117 Å². The van der Waals surface area contributed by atoms with Gasteiger partial charge in [0.2, 0.25) is 0 Å². The molecule has 8 nitrogen and oxygen atoms in total. The van der Waals surface area contributed by atoms with Gasteiger partial charge in [-0.15, -0.1) is 0 Å². The van der Waals surface area contributed by atoms with E-state index < -0.39 is 23.1 Å². The minimum Gasteiger partial charge on any atom is -0.478 e. The van der Waals surface area contributed by atoms with E-state index in [4.69, 9.17) is 5.11 Å². The van der Waals surface area contributed by atoms with Crippen molar-refractivity contribution in [2.24, 2.45) is 0 Å². The van der Waals surface area contributed by atoms with Crippen molar-refractivity contribution in [1.29, 1.82) is 0 Å². The number of aromatic amines is 2. The second-order valence-electron chi connectivity index (χ2n) is 4.27. The van der Waals surface area contributed by atoms with Crippen LogP contribution < -0.4 is 16.6 Å². The third kappa shape index (κ3) is 3.06. The first-order chi connectivity index (χ1) is 9.88. The quantitative estimate of drug-likeness (QED) is 0.646. The van der Waals surface area contributed by atoms with Crippen molar-refractivity contribution < 1.29 is 14.7 Å². The van der Waals surface area contributed by atoms with Crippen molar-refractivity contribution in [3.63, 3.8) is 0 Å². The predicted molar refractivity (Wildman–Crippen MR) is 73.8 cm³/mol. The number of rotatable bonds is 3. The van der Waals surface area contributed by atoms with Gasteiger partial charge >= 0.3 is 11.7 Å². The molecule has 0 aliphatic carbocycles. The Kier molecular flexibility index (Phi) is 3.70. The number of amides is 1. The zero-order chi connectivity index (χ0) is 15.6. The lowest BCUT2D eigenvalue weighted by atomic mass is 10.1. The highest BCUT2D eigenvalue weighted by Gasteiger charge is 2.13. The minimum absolute atomic E-state index is 0.00581. The van der Waals surface area contributed by atoms with E-state index in [2.05, 4.69) is 10.3 Å². The SMILES string of the molecule is Cc1ccc(C(=O)O)cc1NC(=O)c1c[nH]c(=O)[nH]c1=O. The maximum absolute atomic E-state index is 12.0. The summed E-state index contributed by atoms with van der Waals surface area (Å²) in [5.74, 6) is -1.88. The number of hydrogen-bond acceptors (Lipinski definition) is 4. The summed E-state index contributed by atoms with van der Waals surface area (Å²) in [5.41, 5.74) is -0.926. The molecule has 108 valence electrons. The van der Waals surface area contributed by atoms with E-state index in [1.54, 1.807) is 6.92 Å². The van der Waals surface area contributed by atoms with Crippen LogP contribution in [-0.2, 0) is 0 Å². The van der Waals surface area contributed by atoms with E-state index in [0.717, 1.165) is 6.20 Å². The molecule has 0 saturated carbocycles. The van der Waals surface area contributed by atoms with Crippen LogP contribution in [0.2, 0.25) is 0 Å². The first-order valence-electron chi connectivity index (χ1n) is 5.86. The Morgan fingerprint density at radius 3 is 2.57 bits per heavy atom. The summed E-state index contributed by atoms with van der Waals surface area (Å²) in [7, 11) is 0. The molecule has 0 bridgehead atoms. The van der Waals surface area contributed by atoms with Crippen LogP contribution in [0.25, 0.3) is 0 Å². The Bertz CT molecular complexity index is 834. The lowest BCUT2D eigenvalue weighted by molar-refractivity contribution is 0.0696. The molecular weight excluding hydrogens is 278 g/mol. The number of carbonyl (C=O) groups is 2. The van der Waals surface area contributed by atoms with Crippen LogP contribution in [0.15, 0.2) is 34.0 Å². The second kappa shape index (κ2) is 5.45. The zero-order valence-electron chi connectivity index (χ0n) is 10.9. The molecule has 0 atom stereocenters. The summed E-state index contributed by atoms with van der Waals surface area (Å²) in [5, 5.41) is 11.4. The monoisotopic (exact) mass is 289 g/mol. The maximum Gasteiger partial charge on any atom is 0.335 e. The molecule has 0 spiro atoms. The van der Waals surface area contributed by atoms with E-state index in [0.29, 0.717) is 5.56 Å². The van der Waals surface area contributed by atoms with E-state index in [1.165, 1.54) is 18.2 Å². The molecule has 1 aromatic carbocycles. The molecule has 2 aromatic rings. The van der Waals surface area contributed by atoms with E-state index in [-0.39, 0.29) is 16.8 Å². The molecule has 0 fully saturated rings. The largest absolute Gasteiger partial charge is 0.478 e. The summed E-state index contributed by atoms with van der Waals surface area (Å²) in [6.45, 7) is 1.68. The molecule has 0 radical (unpaired) electrons. The topological polar surface area (TPSA) is 132 Å². The molecule has 2 rings (SSSR count). The molecule has 0 aliphatic heterocycles. The molecule has 0 saturated heterocycles. The van der Waals surface area contributed by atoms with Gasteiger partial charge < -0.3 is 15.4 Å². The summed E-state index contributed by atoms with van der Waals surface area (Å²) in [4.78, 5) is 49.4. The van der Waals surface area contributed by atoms with Crippen molar-refractivity contribution in [2.75, 3.05) is 5.32 Å². The highest BCUT2D eigenvalue weighted by molar-refractivity contribution is 6.04. The van der Waals surface area contributed by atoms with Crippen molar-refractivity contribution in [2.45, 2.75) is 6.92 Å². The molecule has 8 heteroatoms. The summed E-state index contributed by atoms with van der Waals surface area (Å²) >= 11 is 0. The molecular formula is C13H11N3O5. The number of carboxylic acid groups (broad SMARTS) is 1. The van der Waals surface area contributed by atoms with Gasteiger partial charge in [0.05, 0.1) is 5.56 Å². The first kappa shape index (κ1) is 14.3. The van der Waals surface area contributed by atoms with Crippen LogP contribution in [0, 0.1) is 6.92 Å². The highest BCUT2D eigenvalue weighted by atomic mass is 16.4. The lowest BCUT2D eigenvalue weighted by Crippen LogP contribution is -2.29. The van der Waals surface area contributed by atoms with Crippen molar-refractivity contribution in [3.8, 4) is 0 Å². The van der Waals surface area contributed by atoms with Crippen molar-refractivity contribution >= 4 is 17.6 Å². The Hall–Kier alpha value is -3.16.